The summed E-state index contributed by atoms with van der Waals surface area (Å²) in [6.45, 7) is 5.02. The first kappa shape index (κ1) is 17.8. The van der Waals surface area contributed by atoms with Crippen LogP contribution in [0.2, 0.25) is 0 Å². The first-order chi connectivity index (χ1) is 12.0. The Morgan fingerprint density at radius 1 is 1.32 bits per heavy atom. The molecule has 6 nitrogen and oxygen atoms in total. The van der Waals surface area contributed by atoms with Gasteiger partial charge >= 0.3 is 0 Å². The number of rotatable bonds is 6. The average molecular weight is 361 g/mol. The summed E-state index contributed by atoms with van der Waals surface area (Å²) >= 11 is 1.37. The lowest BCUT2D eigenvalue weighted by atomic mass is 9.95. The van der Waals surface area contributed by atoms with Gasteiger partial charge in [0.2, 0.25) is 5.13 Å². The van der Waals surface area contributed by atoms with Crippen LogP contribution in [0, 0.1) is 6.92 Å². The SMILES string of the molecule is Cc1ccc(OCCc2nnc(NC(=O)C3(C)CCCCO3)s2)cc1. The number of amides is 1. The molecule has 0 radical (unpaired) electrons. The van der Waals surface area contributed by atoms with E-state index in [1.165, 1.54) is 16.9 Å². The van der Waals surface area contributed by atoms with Crippen molar-refractivity contribution in [3.05, 3.63) is 34.8 Å². The molecule has 1 aromatic carbocycles. The Balaban J connectivity index is 1.48. The van der Waals surface area contributed by atoms with Gasteiger partial charge in [-0.25, -0.2) is 0 Å². The summed E-state index contributed by atoms with van der Waals surface area (Å²) in [5.41, 5.74) is 0.436. The van der Waals surface area contributed by atoms with Crippen LogP contribution in [-0.4, -0.2) is 34.9 Å². The Kier molecular flexibility index (Phi) is 5.65. The Morgan fingerprint density at radius 2 is 2.12 bits per heavy atom. The van der Waals surface area contributed by atoms with Gasteiger partial charge in [-0.3, -0.25) is 10.1 Å². The Hall–Kier alpha value is -1.99. The van der Waals surface area contributed by atoms with Crippen LogP contribution in [0.4, 0.5) is 5.13 Å². The lowest BCUT2D eigenvalue weighted by Crippen LogP contribution is -2.44. The van der Waals surface area contributed by atoms with Gasteiger partial charge in [-0.2, -0.15) is 0 Å². The fourth-order valence-corrected chi connectivity index (χ4v) is 3.35. The highest BCUT2D eigenvalue weighted by atomic mass is 32.1. The lowest BCUT2D eigenvalue weighted by molar-refractivity contribution is -0.144. The summed E-state index contributed by atoms with van der Waals surface area (Å²) in [5.74, 6) is 0.691. The molecule has 25 heavy (non-hydrogen) atoms. The Labute approximate surface area is 151 Å². The second kappa shape index (κ2) is 7.93. The fraction of sp³-hybridized carbons (Fsp3) is 0.500. The molecule has 1 saturated heterocycles. The molecule has 0 aliphatic carbocycles. The van der Waals surface area contributed by atoms with E-state index in [2.05, 4.69) is 15.5 Å². The van der Waals surface area contributed by atoms with Crippen molar-refractivity contribution in [3.8, 4) is 5.75 Å². The molecule has 1 N–H and O–H groups in total. The van der Waals surface area contributed by atoms with Gasteiger partial charge in [0, 0.05) is 13.0 Å². The second-order valence-electron chi connectivity index (χ2n) is 6.40. The average Bonchev–Trinajstić information content (AvgIpc) is 3.05. The van der Waals surface area contributed by atoms with Crippen molar-refractivity contribution < 1.29 is 14.3 Å². The fourth-order valence-electron chi connectivity index (χ4n) is 2.64. The van der Waals surface area contributed by atoms with E-state index in [9.17, 15) is 4.79 Å². The third kappa shape index (κ3) is 4.76. The molecule has 3 rings (SSSR count). The summed E-state index contributed by atoms with van der Waals surface area (Å²) in [6, 6.07) is 7.93. The monoisotopic (exact) mass is 361 g/mol. The highest BCUT2D eigenvalue weighted by Gasteiger charge is 2.36. The van der Waals surface area contributed by atoms with Gasteiger partial charge < -0.3 is 9.47 Å². The number of nitrogens with zero attached hydrogens (tertiary/aromatic N) is 2. The second-order valence-corrected chi connectivity index (χ2v) is 7.47. The normalized spacial score (nSPS) is 20.2. The molecule has 1 atom stereocenters. The number of carbonyl (C=O) groups excluding carboxylic acids is 1. The van der Waals surface area contributed by atoms with Crippen molar-refractivity contribution in [1.29, 1.82) is 0 Å². The first-order valence-corrected chi connectivity index (χ1v) is 9.34. The van der Waals surface area contributed by atoms with Gasteiger partial charge in [0.05, 0.1) is 6.61 Å². The van der Waals surface area contributed by atoms with Crippen molar-refractivity contribution in [3.63, 3.8) is 0 Å². The van der Waals surface area contributed by atoms with E-state index in [1.54, 1.807) is 0 Å². The molecular weight excluding hydrogens is 338 g/mol. The van der Waals surface area contributed by atoms with E-state index in [0.717, 1.165) is 30.0 Å². The molecule has 134 valence electrons. The number of carbonyl (C=O) groups is 1. The Bertz CT molecular complexity index is 709. The largest absolute Gasteiger partial charge is 0.493 e. The van der Waals surface area contributed by atoms with Gasteiger partial charge in [0.15, 0.2) is 0 Å². The van der Waals surface area contributed by atoms with E-state index >= 15 is 0 Å². The molecule has 1 aromatic heterocycles. The molecule has 0 bridgehead atoms. The summed E-state index contributed by atoms with van der Waals surface area (Å²) < 4.78 is 11.4. The van der Waals surface area contributed by atoms with Crippen molar-refractivity contribution in [2.75, 3.05) is 18.5 Å². The molecule has 0 saturated carbocycles. The van der Waals surface area contributed by atoms with E-state index in [4.69, 9.17) is 9.47 Å². The summed E-state index contributed by atoms with van der Waals surface area (Å²) in [6.07, 6.45) is 3.39. The van der Waals surface area contributed by atoms with E-state index < -0.39 is 5.60 Å². The van der Waals surface area contributed by atoms with Crippen LogP contribution in [0.1, 0.15) is 36.8 Å². The lowest BCUT2D eigenvalue weighted by Gasteiger charge is -2.31. The molecule has 1 amide bonds. The van der Waals surface area contributed by atoms with Crippen molar-refractivity contribution in [2.24, 2.45) is 0 Å². The summed E-state index contributed by atoms with van der Waals surface area (Å²) in [5, 5.41) is 12.3. The summed E-state index contributed by atoms with van der Waals surface area (Å²) in [4.78, 5) is 12.4. The molecular formula is C18H23N3O3S. The first-order valence-electron chi connectivity index (χ1n) is 8.52. The number of hydrogen-bond donors (Lipinski definition) is 1. The molecule has 2 aromatic rings. The van der Waals surface area contributed by atoms with Gasteiger partial charge in [-0.15, -0.1) is 10.2 Å². The number of benzene rings is 1. The molecule has 2 heterocycles. The van der Waals surface area contributed by atoms with Crippen LogP contribution in [0.15, 0.2) is 24.3 Å². The van der Waals surface area contributed by atoms with Gasteiger partial charge in [0.1, 0.15) is 16.4 Å². The standard InChI is InChI=1S/C18H23N3O3S/c1-13-5-7-14(8-6-13)23-12-9-15-20-21-17(25-15)19-16(22)18(2)10-3-4-11-24-18/h5-8H,3-4,9-12H2,1-2H3,(H,19,21,22). The van der Waals surface area contributed by atoms with Gasteiger partial charge in [-0.05, 0) is 45.2 Å². The maximum absolute atomic E-state index is 12.4. The number of anilines is 1. The Morgan fingerprint density at radius 3 is 2.84 bits per heavy atom. The number of nitrogens with one attached hydrogen (secondary N) is 1. The number of aryl methyl sites for hydroxylation is 1. The van der Waals surface area contributed by atoms with Gasteiger partial charge in [-0.1, -0.05) is 29.0 Å². The molecule has 1 unspecified atom stereocenters. The van der Waals surface area contributed by atoms with Crippen LogP contribution in [0.3, 0.4) is 0 Å². The zero-order valence-corrected chi connectivity index (χ0v) is 15.4. The maximum atomic E-state index is 12.4. The van der Waals surface area contributed by atoms with Crippen molar-refractivity contribution in [1.82, 2.24) is 10.2 Å². The highest BCUT2D eigenvalue weighted by molar-refractivity contribution is 7.15. The predicted octanol–water partition coefficient (Wildman–Crippen LogP) is 3.37. The third-order valence-electron chi connectivity index (χ3n) is 4.24. The van der Waals surface area contributed by atoms with Gasteiger partial charge in [0.25, 0.3) is 5.91 Å². The minimum atomic E-state index is -0.765. The smallest absolute Gasteiger partial charge is 0.258 e. The van der Waals surface area contributed by atoms with E-state index in [1.807, 2.05) is 38.1 Å². The number of hydrogen-bond acceptors (Lipinski definition) is 6. The summed E-state index contributed by atoms with van der Waals surface area (Å²) in [7, 11) is 0. The van der Waals surface area contributed by atoms with Crippen LogP contribution < -0.4 is 10.1 Å². The maximum Gasteiger partial charge on any atom is 0.258 e. The van der Waals surface area contributed by atoms with Crippen LogP contribution >= 0.6 is 11.3 Å². The zero-order chi connectivity index (χ0) is 17.7. The zero-order valence-electron chi connectivity index (χ0n) is 14.6. The minimum Gasteiger partial charge on any atom is -0.493 e. The number of ether oxygens (including phenoxy) is 2. The molecule has 0 spiro atoms. The molecule has 7 heteroatoms. The molecule has 1 aliphatic rings. The quantitative estimate of drug-likeness (QED) is 0.854. The number of aromatic nitrogens is 2. The van der Waals surface area contributed by atoms with Crippen LogP contribution in [0.5, 0.6) is 5.75 Å². The van der Waals surface area contributed by atoms with Crippen molar-refractivity contribution in [2.45, 2.75) is 45.1 Å². The third-order valence-corrected chi connectivity index (χ3v) is 5.14. The van der Waals surface area contributed by atoms with Crippen LogP contribution in [-0.2, 0) is 16.0 Å². The van der Waals surface area contributed by atoms with Crippen molar-refractivity contribution >= 4 is 22.4 Å². The van der Waals surface area contributed by atoms with E-state index in [-0.39, 0.29) is 5.91 Å². The topological polar surface area (TPSA) is 73.3 Å². The predicted molar refractivity (Wildman–Crippen MR) is 97.1 cm³/mol. The molecule has 1 aliphatic heterocycles. The minimum absolute atomic E-state index is 0.147. The van der Waals surface area contributed by atoms with E-state index in [0.29, 0.717) is 24.8 Å². The van der Waals surface area contributed by atoms with Crippen LogP contribution in [0.25, 0.3) is 0 Å². The highest BCUT2D eigenvalue weighted by Crippen LogP contribution is 2.27. The molecule has 1 fully saturated rings.